The molecule has 0 atom stereocenters. The second-order valence-corrected chi connectivity index (χ2v) is 5.43. The van der Waals surface area contributed by atoms with Gasteiger partial charge in [0.1, 0.15) is 5.75 Å². The third-order valence-electron chi connectivity index (χ3n) is 2.31. The zero-order chi connectivity index (χ0) is 12.5. The molecule has 0 amide bonds. The highest BCUT2D eigenvalue weighted by atomic mass is 79.9. The standard InChI is InChI=1S/C12H7BrN2O2S/c13-8-5-10(18-6-8)11-14-12(17-15-11)7-2-1-3-9(16)4-7/h1-6,16H. The molecule has 0 bridgehead atoms. The van der Waals surface area contributed by atoms with Gasteiger partial charge in [0.25, 0.3) is 5.89 Å². The Kier molecular flexibility index (Phi) is 2.89. The van der Waals surface area contributed by atoms with Gasteiger partial charge in [0.05, 0.1) is 4.88 Å². The number of hydrogen-bond acceptors (Lipinski definition) is 5. The highest BCUT2D eigenvalue weighted by molar-refractivity contribution is 9.10. The van der Waals surface area contributed by atoms with E-state index >= 15 is 0 Å². The Bertz CT molecular complexity index is 693. The molecule has 0 unspecified atom stereocenters. The third-order valence-corrected chi connectivity index (χ3v) is 3.99. The molecule has 1 aromatic carbocycles. The molecule has 2 aromatic heterocycles. The van der Waals surface area contributed by atoms with Gasteiger partial charge in [-0.15, -0.1) is 11.3 Å². The number of nitrogens with zero attached hydrogens (tertiary/aromatic N) is 2. The summed E-state index contributed by atoms with van der Waals surface area (Å²) in [5, 5.41) is 15.3. The van der Waals surface area contributed by atoms with Crippen molar-refractivity contribution >= 4 is 27.3 Å². The van der Waals surface area contributed by atoms with Gasteiger partial charge in [-0.2, -0.15) is 4.98 Å². The maximum Gasteiger partial charge on any atom is 0.258 e. The van der Waals surface area contributed by atoms with Crippen LogP contribution in [0.2, 0.25) is 0 Å². The van der Waals surface area contributed by atoms with Crippen LogP contribution in [0.1, 0.15) is 0 Å². The predicted molar refractivity (Wildman–Crippen MR) is 72.4 cm³/mol. The van der Waals surface area contributed by atoms with E-state index in [1.54, 1.807) is 24.3 Å². The second kappa shape index (κ2) is 4.55. The predicted octanol–water partition coefficient (Wildman–Crippen LogP) is 3.93. The van der Waals surface area contributed by atoms with Crippen molar-refractivity contribution in [2.75, 3.05) is 0 Å². The number of halogens is 1. The topological polar surface area (TPSA) is 59.2 Å². The third kappa shape index (κ3) is 2.16. The fourth-order valence-electron chi connectivity index (χ4n) is 1.51. The first-order chi connectivity index (χ1) is 8.72. The molecule has 0 aliphatic carbocycles. The van der Waals surface area contributed by atoms with E-state index in [2.05, 4.69) is 26.1 Å². The quantitative estimate of drug-likeness (QED) is 0.776. The SMILES string of the molecule is Oc1cccc(-c2nc(-c3cc(Br)cs3)no2)c1. The number of hydrogen-bond donors (Lipinski definition) is 1. The van der Waals surface area contributed by atoms with Gasteiger partial charge in [-0.3, -0.25) is 0 Å². The van der Waals surface area contributed by atoms with Crippen LogP contribution in [0.3, 0.4) is 0 Å². The number of thiophene rings is 1. The zero-order valence-corrected chi connectivity index (χ0v) is 11.4. The summed E-state index contributed by atoms with van der Waals surface area (Å²) < 4.78 is 6.18. The van der Waals surface area contributed by atoms with Crippen LogP contribution in [0.5, 0.6) is 5.75 Å². The minimum Gasteiger partial charge on any atom is -0.508 e. The normalized spacial score (nSPS) is 10.7. The number of aromatic nitrogens is 2. The molecule has 0 saturated carbocycles. The molecule has 3 rings (SSSR count). The van der Waals surface area contributed by atoms with Crippen molar-refractivity contribution in [2.45, 2.75) is 0 Å². The van der Waals surface area contributed by atoms with Gasteiger partial charge in [0, 0.05) is 15.4 Å². The molecule has 0 aliphatic heterocycles. The summed E-state index contributed by atoms with van der Waals surface area (Å²) in [7, 11) is 0. The summed E-state index contributed by atoms with van der Waals surface area (Å²) in [5.41, 5.74) is 0.698. The van der Waals surface area contributed by atoms with E-state index in [1.807, 2.05) is 11.4 Å². The van der Waals surface area contributed by atoms with Gasteiger partial charge in [0.2, 0.25) is 5.82 Å². The molecule has 4 nitrogen and oxygen atoms in total. The van der Waals surface area contributed by atoms with Gasteiger partial charge >= 0.3 is 0 Å². The molecule has 18 heavy (non-hydrogen) atoms. The van der Waals surface area contributed by atoms with E-state index in [0.717, 1.165) is 9.35 Å². The van der Waals surface area contributed by atoms with Gasteiger partial charge in [-0.05, 0) is 40.2 Å². The molecule has 90 valence electrons. The van der Waals surface area contributed by atoms with Crippen molar-refractivity contribution in [1.82, 2.24) is 10.1 Å². The molecule has 0 aliphatic rings. The Morgan fingerprint density at radius 2 is 2.17 bits per heavy atom. The number of rotatable bonds is 2. The summed E-state index contributed by atoms with van der Waals surface area (Å²) in [6.07, 6.45) is 0. The Hall–Kier alpha value is -1.66. The lowest BCUT2D eigenvalue weighted by atomic mass is 10.2. The van der Waals surface area contributed by atoms with Gasteiger partial charge < -0.3 is 9.63 Å². The van der Waals surface area contributed by atoms with Crippen LogP contribution >= 0.6 is 27.3 Å². The van der Waals surface area contributed by atoms with Crippen LogP contribution in [0.15, 0.2) is 44.7 Å². The molecular weight excluding hydrogens is 316 g/mol. The summed E-state index contributed by atoms with van der Waals surface area (Å²) in [4.78, 5) is 5.23. The van der Waals surface area contributed by atoms with Crippen molar-refractivity contribution < 1.29 is 9.63 Å². The number of phenolic OH excluding ortho intramolecular Hbond substituents is 1. The van der Waals surface area contributed by atoms with E-state index in [0.29, 0.717) is 17.3 Å². The Labute approximate surface area is 115 Å². The summed E-state index contributed by atoms with van der Waals surface area (Å²) in [5.74, 6) is 1.11. The van der Waals surface area contributed by atoms with Crippen molar-refractivity contribution in [3.05, 3.63) is 40.2 Å². The fraction of sp³-hybridized carbons (Fsp3) is 0. The maximum absolute atomic E-state index is 9.41. The first-order valence-corrected chi connectivity index (χ1v) is 6.77. The molecule has 0 spiro atoms. The van der Waals surface area contributed by atoms with Crippen LogP contribution in [0, 0.1) is 0 Å². The van der Waals surface area contributed by atoms with Crippen molar-refractivity contribution in [3.8, 4) is 27.9 Å². The Morgan fingerprint density at radius 3 is 2.89 bits per heavy atom. The molecule has 0 radical (unpaired) electrons. The number of aromatic hydroxyl groups is 1. The highest BCUT2D eigenvalue weighted by Gasteiger charge is 2.12. The van der Waals surface area contributed by atoms with E-state index in [1.165, 1.54) is 11.3 Å². The molecule has 3 aromatic rings. The lowest BCUT2D eigenvalue weighted by molar-refractivity contribution is 0.431. The minimum absolute atomic E-state index is 0.172. The maximum atomic E-state index is 9.41. The minimum atomic E-state index is 0.172. The second-order valence-electron chi connectivity index (χ2n) is 3.60. The molecule has 0 saturated heterocycles. The van der Waals surface area contributed by atoms with E-state index in [-0.39, 0.29) is 5.75 Å². The summed E-state index contributed by atoms with van der Waals surface area (Å²) in [6.45, 7) is 0. The molecule has 6 heteroatoms. The molecular formula is C12H7BrN2O2S. The van der Waals surface area contributed by atoms with Gasteiger partial charge in [-0.1, -0.05) is 11.2 Å². The summed E-state index contributed by atoms with van der Waals surface area (Å²) in [6, 6.07) is 8.65. The molecule has 2 heterocycles. The van der Waals surface area contributed by atoms with E-state index in [9.17, 15) is 5.11 Å². The van der Waals surface area contributed by atoms with Crippen LogP contribution in [0.25, 0.3) is 22.2 Å². The number of benzene rings is 1. The zero-order valence-electron chi connectivity index (χ0n) is 9.00. The molecule has 0 fully saturated rings. The Morgan fingerprint density at radius 1 is 1.28 bits per heavy atom. The van der Waals surface area contributed by atoms with Crippen LogP contribution in [-0.4, -0.2) is 15.2 Å². The average molecular weight is 323 g/mol. The van der Waals surface area contributed by atoms with Gasteiger partial charge in [0.15, 0.2) is 0 Å². The van der Waals surface area contributed by atoms with Crippen molar-refractivity contribution in [1.29, 1.82) is 0 Å². The smallest absolute Gasteiger partial charge is 0.258 e. The van der Waals surface area contributed by atoms with Gasteiger partial charge in [-0.25, -0.2) is 0 Å². The average Bonchev–Trinajstić information content (AvgIpc) is 2.97. The monoisotopic (exact) mass is 322 g/mol. The lowest BCUT2D eigenvalue weighted by Gasteiger charge is -1.94. The van der Waals surface area contributed by atoms with Crippen molar-refractivity contribution in [3.63, 3.8) is 0 Å². The van der Waals surface area contributed by atoms with Crippen molar-refractivity contribution in [2.24, 2.45) is 0 Å². The molecule has 1 N–H and O–H groups in total. The van der Waals surface area contributed by atoms with Crippen LogP contribution < -0.4 is 0 Å². The highest BCUT2D eigenvalue weighted by Crippen LogP contribution is 2.30. The van der Waals surface area contributed by atoms with E-state index in [4.69, 9.17) is 4.52 Å². The van der Waals surface area contributed by atoms with E-state index < -0.39 is 0 Å². The summed E-state index contributed by atoms with van der Waals surface area (Å²) >= 11 is 4.91. The Balaban J connectivity index is 1.99. The number of phenols is 1. The van der Waals surface area contributed by atoms with Crippen LogP contribution in [0.4, 0.5) is 0 Å². The first-order valence-electron chi connectivity index (χ1n) is 5.10. The lowest BCUT2D eigenvalue weighted by Crippen LogP contribution is -1.78. The first kappa shape index (κ1) is 11.4. The largest absolute Gasteiger partial charge is 0.508 e. The van der Waals surface area contributed by atoms with Crippen LogP contribution in [-0.2, 0) is 0 Å². The fourth-order valence-corrected chi connectivity index (χ4v) is 2.86.